The van der Waals surface area contributed by atoms with Gasteiger partial charge in [-0.25, -0.2) is 0 Å². The average Bonchev–Trinajstić information content (AvgIpc) is 3.18. The van der Waals surface area contributed by atoms with Gasteiger partial charge in [-0.2, -0.15) is 0 Å². The van der Waals surface area contributed by atoms with E-state index in [-0.39, 0.29) is 11.8 Å². The van der Waals surface area contributed by atoms with E-state index in [2.05, 4.69) is 20.8 Å². The molecule has 1 aromatic carbocycles. The van der Waals surface area contributed by atoms with Crippen LogP contribution in [0, 0.1) is 0 Å². The minimum Gasteiger partial charge on any atom is -0.342 e. The number of carbonyl (C=O) groups is 2. The highest BCUT2D eigenvalue weighted by atomic mass is 79.9. The molecule has 140 valence electrons. The molecular formula is C19H23BrClN3O2. The molecule has 2 aliphatic rings. The second kappa shape index (κ2) is 9.02. The van der Waals surface area contributed by atoms with E-state index in [1.165, 1.54) is 0 Å². The summed E-state index contributed by atoms with van der Waals surface area (Å²) in [5.41, 5.74) is 0.890. The standard InChI is InChI=1S/C19H23BrClN3O2/c20-16-5-3-15(13-17(16)21)4-6-18(25)24-11-9-22(10-12-24)14-19(26)23-7-1-2-8-23/h3-6,13H,1-2,7-12,14H2/b6-4+. The minimum absolute atomic E-state index is 0.00504. The number of rotatable bonds is 4. The van der Waals surface area contributed by atoms with Gasteiger partial charge >= 0.3 is 0 Å². The molecular weight excluding hydrogens is 418 g/mol. The van der Waals surface area contributed by atoms with E-state index in [9.17, 15) is 9.59 Å². The highest BCUT2D eigenvalue weighted by molar-refractivity contribution is 9.10. The van der Waals surface area contributed by atoms with Crippen molar-refractivity contribution >= 4 is 45.4 Å². The SMILES string of the molecule is O=C(/C=C/c1ccc(Br)c(Cl)c1)N1CCN(CC(=O)N2CCCC2)CC1. The molecule has 2 amide bonds. The van der Waals surface area contributed by atoms with Crippen molar-refractivity contribution < 1.29 is 9.59 Å². The Hall–Kier alpha value is -1.37. The van der Waals surface area contributed by atoms with Crippen LogP contribution in [0.1, 0.15) is 18.4 Å². The molecule has 0 radical (unpaired) electrons. The molecule has 2 saturated heterocycles. The van der Waals surface area contributed by atoms with Crippen LogP contribution in [0.4, 0.5) is 0 Å². The maximum Gasteiger partial charge on any atom is 0.246 e. The van der Waals surface area contributed by atoms with Crippen molar-refractivity contribution in [3.63, 3.8) is 0 Å². The number of hydrogen-bond donors (Lipinski definition) is 0. The second-order valence-corrected chi connectivity index (χ2v) is 7.96. The maximum atomic E-state index is 12.4. The lowest BCUT2D eigenvalue weighted by atomic mass is 10.2. The fraction of sp³-hybridized carbons (Fsp3) is 0.474. The van der Waals surface area contributed by atoms with Crippen LogP contribution in [0.5, 0.6) is 0 Å². The van der Waals surface area contributed by atoms with E-state index in [1.54, 1.807) is 12.2 Å². The summed E-state index contributed by atoms with van der Waals surface area (Å²) in [5.74, 6) is 0.212. The molecule has 0 saturated carbocycles. The van der Waals surface area contributed by atoms with Gasteiger partial charge in [0, 0.05) is 49.8 Å². The summed E-state index contributed by atoms with van der Waals surface area (Å²) in [6.45, 7) is 5.03. The predicted molar refractivity (Wildman–Crippen MR) is 107 cm³/mol. The number of amides is 2. The van der Waals surface area contributed by atoms with Crippen LogP contribution >= 0.6 is 27.5 Å². The summed E-state index contributed by atoms with van der Waals surface area (Å²) in [5, 5.41) is 0.621. The Balaban J connectivity index is 1.46. The zero-order valence-electron chi connectivity index (χ0n) is 14.7. The summed E-state index contributed by atoms with van der Waals surface area (Å²) in [4.78, 5) is 30.5. The third kappa shape index (κ3) is 5.09. The molecule has 0 aliphatic carbocycles. The third-order valence-electron chi connectivity index (χ3n) is 4.86. The lowest BCUT2D eigenvalue weighted by molar-refractivity contribution is -0.132. The van der Waals surface area contributed by atoms with Gasteiger partial charge in [0.2, 0.25) is 11.8 Å². The van der Waals surface area contributed by atoms with Crippen LogP contribution in [-0.4, -0.2) is 72.3 Å². The van der Waals surface area contributed by atoms with Gasteiger partial charge in [-0.3, -0.25) is 14.5 Å². The summed E-state index contributed by atoms with van der Waals surface area (Å²) < 4.78 is 0.835. The Kier molecular flexibility index (Phi) is 6.73. The molecule has 2 fully saturated rings. The van der Waals surface area contributed by atoms with Gasteiger partial charge in [0.15, 0.2) is 0 Å². The zero-order chi connectivity index (χ0) is 18.5. The Bertz CT molecular complexity index is 696. The number of piperazine rings is 1. The van der Waals surface area contributed by atoms with Crippen LogP contribution in [0.2, 0.25) is 5.02 Å². The largest absolute Gasteiger partial charge is 0.342 e. The number of halogens is 2. The van der Waals surface area contributed by atoms with Gasteiger partial charge in [0.25, 0.3) is 0 Å². The Morgan fingerprint density at radius 3 is 2.38 bits per heavy atom. The molecule has 3 rings (SSSR count). The number of hydrogen-bond acceptors (Lipinski definition) is 3. The van der Waals surface area contributed by atoms with Crippen LogP contribution < -0.4 is 0 Å². The zero-order valence-corrected chi connectivity index (χ0v) is 17.0. The fourth-order valence-corrected chi connectivity index (χ4v) is 3.71. The highest BCUT2D eigenvalue weighted by Gasteiger charge is 2.24. The van der Waals surface area contributed by atoms with E-state index in [4.69, 9.17) is 11.6 Å². The Labute approximate surface area is 167 Å². The summed E-state index contributed by atoms with van der Waals surface area (Å²) in [7, 11) is 0. The van der Waals surface area contributed by atoms with Crippen LogP contribution in [-0.2, 0) is 9.59 Å². The van der Waals surface area contributed by atoms with Crippen molar-refractivity contribution in [3.8, 4) is 0 Å². The van der Waals surface area contributed by atoms with Crippen molar-refractivity contribution in [2.75, 3.05) is 45.8 Å². The van der Waals surface area contributed by atoms with Gasteiger partial charge in [-0.15, -0.1) is 0 Å². The van der Waals surface area contributed by atoms with E-state index >= 15 is 0 Å². The Morgan fingerprint density at radius 1 is 1.04 bits per heavy atom. The summed E-state index contributed by atoms with van der Waals surface area (Å²) in [6, 6.07) is 5.58. The van der Waals surface area contributed by atoms with E-state index in [0.29, 0.717) is 24.7 Å². The van der Waals surface area contributed by atoms with E-state index in [0.717, 1.165) is 49.1 Å². The molecule has 0 N–H and O–H groups in total. The number of carbonyl (C=O) groups excluding carboxylic acids is 2. The molecule has 0 spiro atoms. The Morgan fingerprint density at radius 2 is 1.73 bits per heavy atom. The molecule has 5 nitrogen and oxygen atoms in total. The molecule has 0 atom stereocenters. The van der Waals surface area contributed by atoms with Crippen molar-refractivity contribution in [1.29, 1.82) is 0 Å². The monoisotopic (exact) mass is 439 g/mol. The van der Waals surface area contributed by atoms with Crippen LogP contribution in [0.3, 0.4) is 0 Å². The second-order valence-electron chi connectivity index (χ2n) is 6.70. The lowest BCUT2D eigenvalue weighted by Gasteiger charge is -2.34. The van der Waals surface area contributed by atoms with Crippen molar-refractivity contribution in [1.82, 2.24) is 14.7 Å². The molecule has 7 heteroatoms. The highest BCUT2D eigenvalue weighted by Crippen LogP contribution is 2.23. The molecule has 2 aliphatic heterocycles. The molecule has 0 unspecified atom stereocenters. The molecule has 2 heterocycles. The quantitative estimate of drug-likeness (QED) is 0.676. The fourth-order valence-electron chi connectivity index (χ4n) is 3.27. The van der Waals surface area contributed by atoms with Gasteiger partial charge in [0.1, 0.15) is 0 Å². The van der Waals surface area contributed by atoms with Crippen molar-refractivity contribution in [3.05, 3.63) is 39.3 Å². The number of nitrogens with zero attached hydrogens (tertiary/aromatic N) is 3. The van der Waals surface area contributed by atoms with Crippen molar-refractivity contribution in [2.45, 2.75) is 12.8 Å². The molecule has 0 aromatic heterocycles. The normalized spacial score (nSPS) is 18.7. The smallest absolute Gasteiger partial charge is 0.246 e. The predicted octanol–water partition coefficient (Wildman–Crippen LogP) is 2.88. The van der Waals surface area contributed by atoms with Gasteiger partial charge in [-0.05, 0) is 52.5 Å². The first kappa shape index (κ1) is 19.4. The average molecular weight is 441 g/mol. The number of benzene rings is 1. The van der Waals surface area contributed by atoms with Crippen LogP contribution in [0.25, 0.3) is 6.08 Å². The minimum atomic E-state index is -0.00504. The van der Waals surface area contributed by atoms with Gasteiger partial charge < -0.3 is 9.80 Å². The van der Waals surface area contributed by atoms with Crippen LogP contribution in [0.15, 0.2) is 28.7 Å². The lowest BCUT2D eigenvalue weighted by Crippen LogP contribution is -2.51. The molecule has 1 aromatic rings. The first-order valence-electron chi connectivity index (χ1n) is 8.95. The topological polar surface area (TPSA) is 43.9 Å². The van der Waals surface area contributed by atoms with Gasteiger partial charge in [0.05, 0.1) is 11.6 Å². The van der Waals surface area contributed by atoms with E-state index < -0.39 is 0 Å². The van der Waals surface area contributed by atoms with E-state index in [1.807, 2.05) is 28.0 Å². The number of likely N-dealkylation sites (tertiary alicyclic amines) is 1. The third-order valence-corrected chi connectivity index (χ3v) is 6.10. The summed E-state index contributed by atoms with van der Waals surface area (Å²) in [6.07, 6.45) is 5.60. The molecule has 0 bridgehead atoms. The van der Waals surface area contributed by atoms with Gasteiger partial charge in [-0.1, -0.05) is 17.7 Å². The summed E-state index contributed by atoms with van der Waals surface area (Å²) >= 11 is 9.42. The van der Waals surface area contributed by atoms with Crippen molar-refractivity contribution in [2.24, 2.45) is 0 Å². The molecule has 26 heavy (non-hydrogen) atoms. The maximum absolute atomic E-state index is 12.4. The first-order chi connectivity index (χ1) is 12.5. The first-order valence-corrected chi connectivity index (χ1v) is 10.1.